The maximum Gasteiger partial charge on any atom is 0.253 e. The summed E-state index contributed by atoms with van der Waals surface area (Å²) in [6.07, 6.45) is 4.03. The van der Waals surface area contributed by atoms with Crippen LogP contribution in [0.1, 0.15) is 36.0 Å². The lowest BCUT2D eigenvalue weighted by Crippen LogP contribution is -2.25. The second-order valence-corrected chi connectivity index (χ2v) is 5.79. The molecule has 0 fully saturated rings. The quantitative estimate of drug-likeness (QED) is 0.302. The zero-order valence-corrected chi connectivity index (χ0v) is 14.3. The lowest BCUT2D eigenvalue weighted by atomic mass is 10.1. The number of anilines is 2. The number of nitrogen functional groups attached to an aromatic ring is 2. The Bertz CT molecular complexity index is 676. The molecule has 0 heterocycles. The Labute approximate surface area is 148 Å². The molecule has 0 bridgehead atoms. The molecule has 2 aromatic rings. The molecule has 134 valence electrons. The molecule has 0 aliphatic carbocycles. The van der Waals surface area contributed by atoms with Crippen LogP contribution >= 0.6 is 0 Å². The summed E-state index contributed by atoms with van der Waals surface area (Å²) in [6.45, 7) is 1.40. The van der Waals surface area contributed by atoms with Gasteiger partial charge in [-0.2, -0.15) is 5.48 Å². The van der Waals surface area contributed by atoms with E-state index in [1.807, 2.05) is 30.3 Å². The molecule has 1 amide bonds. The third kappa shape index (κ3) is 6.35. The highest BCUT2D eigenvalue weighted by atomic mass is 16.6. The summed E-state index contributed by atoms with van der Waals surface area (Å²) < 4.78 is 0. The van der Waals surface area contributed by atoms with E-state index in [0.29, 0.717) is 29.2 Å². The molecule has 6 heteroatoms. The van der Waals surface area contributed by atoms with Crippen molar-refractivity contribution in [2.24, 2.45) is 0 Å². The molecule has 6 nitrogen and oxygen atoms in total. The number of para-hydroxylation sites is 3. The Balaban J connectivity index is 1.49. The van der Waals surface area contributed by atoms with Crippen molar-refractivity contribution in [3.05, 3.63) is 54.1 Å². The molecule has 0 saturated carbocycles. The normalized spacial score (nSPS) is 10.4. The first kappa shape index (κ1) is 18.6. The van der Waals surface area contributed by atoms with Gasteiger partial charge >= 0.3 is 0 Å². The van der Waals surface area contributed by atoms with Gasteiger partial charge in [0, 0.05) is 18.8 Å². The SMILES string of the molecule is Nc1ccccc1ONCCCCCCNC(=O)c1ccccc1N. The molecule has 25 heavy (non-hydrogen) atoms. The summed E-state index contributed by atoms with van der Waals surface area (Å²) >= 11 is 0. The fourth-order valence-electron chi connectivity index (χ4n) is 2.38. The summed E-state index contributed by atoms with van der Waals surface area (Å²) in [5.74, 6) is 0.527. The van der Waals surface area contributed by atoms with E-state index in [0.717, 1.165) is 32.2 Å². The van der Waals surface area contributed by atoms with Crippen LogP contribution < -0.4 is 27.1 Å². The van der Waals surface area contributed by atoms with Crippen LogP contribution in [0.25, 0.3) is 0 Å². The molecule has 0 aliphatic heterocycles. The van der Waals surface area contributed by atoms with Crippen LogP contribution in [-0.2, 0) is 0 Å². The number of hydrogen-bond acceptors (Lipinski definition) is 5. The monoisotopic (exact) mass is 342 g/mol. The van der Waals surface area contributed by atoms with Gasteiger partial charge in [-0.25, -0.2) is 0 Å². The van der Waals surface area contributed by atoms with Crippen LogP contribution in [-0.4, -0.2) is 19.0 Å². The number of benzene rings is 2. The van der Waals surface area contributed by atoms with Gasteiger partial charge in [-0.1, -0.05) is 37.1 Å². The van der Waals surface area contributed by atoms with Gasteiger partial charge < -0.3 is 21.6 Å². The molecular weight excluding hydrogens is 316 g/mol. The van der Waals surface area contributed by atoms with Crippen LogP contribution in [0.15, 0.2) is 48.5 Å². The van der Waals surface area contributed by atoms with E-state index in [1.54, 1.807) is 18.2 Å². The number of carbonyl (C=O) groups excluding carboxylic acids is 1. The zero-order chi connectivity index (χ0) is 17.9. The van der Waals surface area contributed by atoms with Gasteiger partial charge in [-0.05, 0) is 37.1 Å². The van der Waals surface area contributed by atoms with E-state index in [2.05, 4.69) is 10.8 Å². The number of unbranched alkanes of at least 4 members (excludes halogenated alkanes) is 3. The van der Waals surface area contributed by atoms with E-state index < -0.39 is 0 Å². The molecule has 6 N–H and O–H groups in total. The topological polar surface area (TPSA) is 102 Å². The van der Waals surface area contributed by atoms with Crippen LogP contribution in [0.3, 0.4) is 0 Å². The average Bonchev–Trinajstić information content (AvgIpc) is 2.62. The standard InChI is InChI=1S/C19H26N4O2/c20-16-10-4-3-9-15(16)19(24)22-13-7-1-2-8-14-23-25-18-12-6-5-11-17(18)21/h3-6,9-12,23H,1-2,7-8,13-14,20-21H2,(H,22,24). The lowest BCUT2D eigenvalue weighted by molar-refractivity contribution is 0.0954. The predicted octanol–water partition coefficient (Wildman–Crippen LogP) is 2.72. The average molecular weight is 342 g/mol. The largest absolute Gasteiger partial charge is 0.407 e. The molecule has 0 aromatic heterocycles. The molecule has 2 aromatic carbocycles. The third-order valence-electron chi connectivity index (χ3n) is 3.80. The van der Waals surface area contributed by atoms with E-state index in [-0.39, 0.29) is 5.91 Å². The molecule has 0 radical (unpaired) electrons. The Morgan fingerprint density at radius 1 is 0.840 bits per heavy atom. The molecule has 0 atom stereocenters. The van der Waals surface area contributed by atoms with Crippen LogP contribution in [0.5, 0.6) is 5.75 Å². The second kappa shape index (κ2) is 10.2. The fraction of sp³-hybridized carbons (Fsp3) is 0.316. The summed E-state index contributed by atoms with van der Waals surface area (Å²) in [7, 11) is 0. The molecule has 2 rings (SSSR count). The van der Waals surface area contributed by atoms with Crippen molar-refractivity contribution < 1.29 is 9.63 Å². The third-order valence-corrected chi connectivity index (χ3v) is 3.80. The number of nitrogens with one attached hydrogen (secondary N) is 2. The Kier molecular flexibility index (Phi) is 7.59. The van der Waals surface area contributed by atoms with Crippen LogP contribution in [0, 0.1) is 0 Å². The number of nitrogens with two attached hydrogens (primary N) is 2. The van der Waals surface area contributed by atoms with Gasteiger partial charge in [-0.3, -0.25) is 4.79 Å². The van der Waals surface area contributed by atoms with Gasteiger partial charge in [0.15, 0.2) is 5.75 Å². The maximum atomic E-state index is 12.0. The van der Waals surface area contributed by atoms with Crippen molar-refractivity contribution in [1.29, 1.82) is 0 Å². The first-order chi connectivity index (χ1) is 12.2. The second-order valence-electron chi connectivity index (χ2n) is 5.79. The van der Waals surface area contributed by atoms with Crippen molar-refractivity contribution in [3.63, 3.8) is 0 Å². The summed E-state index contributed by atoms with van der Waals surface area (Å²) in [5, 5.41) is 2.90. The van der Waals surface area contributed by atoms with Gasteiger partial charge in [0.25, 0.3) is 5.91 Å². The Morgan fingerprint density at radius 2 is 1.48 bits per heavy atom. The minimum atomic E-state index is -0.117. The first-order valence-electron chi connectivity index (χ1n) is 8.55. The predicted molar refractivity (Wildman–Crippen MR) is 101 cm³/mol. The van der Waals surface area contributed by atoms with Crippen molar-refractivity contribution in [3.8, 4) is 5.75 Å². The van der Waals surface area contributed by atoms with Crippen LogP contribution in [0.2, 0.25) is 0 Å². The minimum Gasteiger partial charge on any atom is -0.407 e. The van der Waals surface area contributed by atoms with E-state index in [9.17, 15) is 4.79 Å². The molecule has 0 spiro atoms. The van der Waals surface area contributed by atoms with Gasteiger partial charge in [0.1, 0.15) is 0 Å². The first-order valence-corrected chi connectivity index (χ1v) is 8.55. The van der Waals surface area contributed by atoms with Gasteiger partial charge in [0.05, 0.1) is 11.3 Å². The number of hydrogen-bond donors (Lipinski definition) is 4. The highest BCUT2D eigenvalue weighted by Gasteiger charge is 2.07. The van der Waals surface area contributed by atoms with Crippen molar-refractivity contribution in [2.75, 3.05) is 24.6 Å². The van der Waals surface area contributed by atoms with Crippen molar-refractivity contribution >= 4 is 17.3 Å². The molecule has 0 unspecified atom stereocenters. The van der Waals surface area contributed by atoms with Gasteiger partial charge in [-0.15, -0.1) is 0 Å². The maximum absolute atomic E-state index is 12.0. The highest BCUT2D eigenvalue weighted by molar-refractivity contribution is 5.98. The summed E-state index contributed by atoms with van der Waals surface area (Å²) in [6, 6.07) is 14.5. The molecular formula is C19H26N4O2. The zero-order valence-electron chi connectivity index (χ0n) is 14.3. The Morgan fingerprint density at radius 3 is 2.20 bits per heavy atom. The number of amides is 1. The van der Waals surface area contributed by atoms with Crippen molar-refractivity contribution in [1.82, 2.24) is 10.8 Å². The fourth-order valence-corrected chi connectivity index (χ4v) is 2.38. The summed E-state index contributed by atoms with van der Waals surface area (Å²) in [4.78, 5) is 17.4. The Hall–Kier alpha value is -2.73. The van der Waals surface area contributed by atoms with Gasteiger partial charge in [0.2, 0.25) is 0 Å². The summed E-state index contributed by atoms with van der Waals surface area (Å²) in [5.41, 5.74) is 16.1. The molecule has 0 aliphatic rings. The number of rotatable bonds is 10. The highest BCUT2D eigenvalue weighted by Crippen LogP contribution is 2.18. The van der Waals surface area contributed by atoms with Crippen molar-refractivity contribution in [2.45, 2.75) is 25.7 Å². The van der Waals surface area contributed by atoms with Crippen LogP contribution in [0.4, 0.5) is 11.4 Å². The lowest BCUT2D eigenvalue weighted by Gasteiger charge is -2.09. The van der Waals surface area contributed by atoms with E-state index in [4.69, 9.17) is 16.3 Å². The minimum absolute atomic E-state index is 0.117. The molecule has 0 saturated heterocycles. The number of hydroxylamine groups is 1. The van der Waals surface area contributed by atoms with E-state index >= 15 is 0 Å². The van der Waals surface area contributed by atoms with E-state index in [1.165, 1.54) is 0 Å². The smallest absolute Gasteiger partial charge is 0.253 e. The number of carbonyl (C=O) groups is 1.